The quantitative estimate of drug-likeness (QED) is 0.239. The van der Waals surface area contributed by atoms with Gasteiger partial charge >= 0.3 is 0 Å². The van der Waals surface area contributed by atoms with Crippen LogP contribution in [-0.4, -0.2) is 67.3 Å². The topological polar surface area (TPSA) is 113 Å². The number of sulfonamides is 1. The van der Waals surface area contributed by atoms with Crippen molar-refractivity contribution in [2.75, 3.05) is 37.6 Å². The highest BCUT2D eigenvalue weighted by molar-refractivity contribution is 7.92. The number of hydrogen-bond acceptors (Lipinski definition) is 6. The lowest BCUT2D eigenvalue weighted by molar-refractivity contribution is 0.0303. The molecule has 1 aliphatic heterocycles. The van der Waals surface area contributed by atoms with Gasteiger partial charge in [-0.15, -0.1) is 0 Å². The highest BCUT2D eigenvalue weighted by atomic mass is 32.2. The van der Waals surface area contributed by atoms with Crippen LogP contribution in [-0.2, 0) is 21.3 Å². The van der Waals surface area contributed by atoms with Gasteiger partial charge < -0.3 is 24.6 Å². The summed E-state index contributed by atoms with van der Waals surface area (Å²) in [6, 6.07) is 22.9. The number of carbonyl (C=O) groups excluding carboxylic acids is 1. The average molecular weight is 591 g/mol. The number of rotatable bonds is 11. The molecular weight excluding hydrogens is 552 g/mol. The summed E-state index contributed by atoms with van der Waals surface area (Å²) in [5.74, 6) is 0.0379. The van der Waals surface area contributed by atoms with Crippen LogP contribution in [0.15, 0.2) is 90.0 Å². The van der Waals surface area contributed by atoms with Crippen LogP contribution in [0.3, 0.4) is 0 Å². The lowest BCUT2D eigenvalue weighted by atomic mass is 9.99. The van der Waals surface area contributed by atoms with Gasteiger partial charge in [0, 0.05) is 60.1 Å². The number of morpholine rings is 1. The molecule has 0 unspecified atom stereocenters. The first-order valence-electron chi connectivity index (χ1n) is 14.2. The number of aryl methyl sites for hydroxylation is 1. The van der Waals surface area contributed by atoms with Crippen LogP contribution in [0.25, 0.3) is 10.9 Å². The first kappa shape index (κ1) is 29.8. The van der Waals surface area contributed by atoms with Crippen LogP contribution in [0.2, 0.25) is 0 Å². The van der Waals surface area contributed by atoms with Gasteiger partial charge in [-0.3, -0.25) is 9.52 Å². The summed E-state index contributed by atoms with van der Waals surface area (Å²) < 4.78 is 35.5. The molecule has 9 nitrogen and oxygen atoms in total. The number of nitrogens with zero attached hydrogens (tertiary/aromatic N) is 2. The molecule has 1 aliphatic rings. The maximum atomic E-state index is 12.9. The Hall–Kier alpha value is -3.70. The molecule has 0 saturated carbocycles. The van der Waals surface area contributed by atoms with Crippen molar-refractivity contribution in [3.05, 3.63) is 96.2 Å². The molecule has 3 N–H and O–H groups in total. The number of anilines is 1. The van der Waals surface area contributed by atoms with Crippen molar-refractivity contribution in [1.29, 1.82) is 0 Å². The van der Waals surface area contributed by atoms with E-state index in [0.717, 1.165) is 23.9 Å². The Morgan fingerprint density at radius 2 is 1.76 bits per heavy atom. The van der Waals surface area contributed by atoms with E-state index < -0.39 is 16.1 Å². The standard InChI is InChI=1S/C32H38N4O5S/c1-32(2,14-16-35-15-13-24-21-26(11-12-29(24)35)31(38)36-17-19-41-20-18-36)33-23-30(37)25-7-6-8-27(22-25)34-42(39,40)28-9-4-3-5-10-28/h3-13,15,21-22,30,33-34,37H,14,16-20,23H2,1-2H3/t30-/m0/s1. The predicted molar refractivity (Wildman–Crippen MR) is 164 cm³/mol. The molecule has 0 aliphatic carbocycles. The van der Waals surface area contributed by atoms with E-state index in [2.05, 4.69) is 28.5 Å². The zero-order valence-electron chi connectivity index (χ0n) is 24.0. The predicted octanol–water partition coefficient (Wildman–Crippen LogP) is 4.41. The fourth-order valence-electron chi connectivity index (χ4n) is 5.08. The summed E-state index contributed by atoms with van der Waals surface area (Å²) in [6.07, 6.45) is 2.02. The maximum Gasteiger partial charge on any atom is 0.261 e. The number of aromatic nitrogens is 1. The van der Waals surface area contributed by atoms with E-state index in [0.29, 0.717) is 49.7 Å². The number of β-amino-alcohol motifs (C(OH)–C–C–N with tert-alkyl or cyclic N) is 1. The number of ether oxygens (including phenoxy) is 1. The van der Waals surface area contributed by atoms with Crippen LogP contribution in [0, 0.1) is 0 Å². The molecule has 2 heterocycles. The van der Waals surface area contributed by atoms with E-state index in [9.17, 15) is 18.3 Å². The Bertz CT molecular complexity index is 1630. The molecule has 222 valence electrons. The van der Waals surface area contributed by atoms with Crippen LogP contribution in [0.4, 0.5) is 5.69 Å². The Labute approximate surface area is 247 Å². The molecule has 10 heteroatoms. The zero-order chi connectivity index (χ0) is 29.7. The molecule has 1 saturated heterocycles. The summed E-state index contributed by atoms with van der Waals surface area (Å²) in [5.41, 5.74) is 2.49. The Kier molecular flexibility index (Phi) is 8.98. The second-order valence-electron chi connectivity index (χ2n) is 11.3. The van der Waals surface area contributed by atoms with Gasteiger partial charge in [0.05, 0.1) is 24.2 Å². The van der Waals surface area contributed by atoms with E-state index in [1.54, 1.807) is 42.5 Å². The second kappa shape index (κ2) is 12.7. The summed E-state index contributed by atoms with van der Waals surface area (Å²) in [6.45, 7) is 7.64. The molecule has 1 fully saturated rings. The third kappa shape index (κ3) is 7.19. The van der Waals surface area contributed by atoms with Crippen LogP contribution >= 0.6 is 0 Å². The molecule has 0 radical (unpaired) electrons. The lowest BCUT2D eigenvalue weighted by Crippen LogP contribution is -2.42. The molecule has 1 aromatic heterocycles. The summed E-state index contributed by atoms with van der Waals surface area (Å²) >= 11 is 0. The fraction of sp³-hybridized carbons (Fsp3) is 0.344. The van der Waals surface area contributed by atoms with Crippen molar-refractivity contribution in [3.8, 4) is 0 Å². The number of hydrogen-bond donors (Lipinski definition) is 3. The minimum Gasteiger partial charge on any atom is -0.387 e. The van der Waals surface area contributed by atoms with Crippen LogP contribution in [0.5, 0.6) is 0 Å². The fourth-order valence-corrected chi connectivity index (χ4v) is 6.15. The van der Waals surface area contributed by atoms with Crippen molar-refractivity contribution in [2.24, 2.45) is 0 Å². The van der Waals surface area contributed by atoms with Gasteiger partial charge in [0.2, 0.25) is 0 Å². The van der Waals surface area contributed by atoms with Crippen molar-refractivity contribution in [1.82, 2.24) is 14.8 Å². The lowest BCUT2D eigenvalue weighted by Gasteiger charge is -2.28. The number of carbonyl (C=O) groups is 1. The van der Waals surface area contributed by atoms with Gasteiger partial charge in [-0.1, -0.05) is 30.3 Å². The normalized spacial score (nSPS) is 15.1. The maximum absolute atomic E-state index is 12.9. The number of nitrogens with one attached hydrogen (secondary N) is 2. The van der Waals surface area contributed by atoms with Gasteiger partial charge in [-0.2, -0.15) is 0 Å². The van der Waals surface area contributed by atoms with E-state index in [1.165, 1.54) is 12.1 Å². The minimum absolute atomic E-state index is 0.0379. The smallest absolute Gasteiger partial charge is 0.261 e. The molecule has 5 rings (SSSR count). The van der Waals surface area contributed by atoms with E-state index in [1.807, 2.05) is 35.4 Å². The monoisotopic (exact) mass is 590 g/mol. The number of aliphatic hydroxyl groups is 1. The SMILES string of the molecule is CC(C)(CCn1ccc2cc(C(=O)N3CCOCC3)ccc21)NC[C@H](O)c1cccc(NS(=O)(=O)c2ccccc2)c1. The van der Waals surface area contributed by atoms with Crippen molar-refractivity contribution < 1.29 is 23.1 Å². The minimum atomic E-state index is -3.72. The molecule has 0 bridgehead atoms. The highest BCUT2D eigenvalue weighted by Gasteiger charge is 2.22. The van der Waals surface area contributed by atoms with E-state index in [4.69, 9.17) is 4.74 Å². The molecule has 0 spiro atoms. The highest BCUT2D eigenvalue weighted by Crippen LogP contribution is 2.23. The number of amides is 1. The second-order valence-corrected chi connectivity index (χ2v) is 12.9. The molecule has 4 aromatic rings. The van der Waals surface area contributed by atoms with E-state index >= 15 is 0 Å². The van der Waals surface area contributed by atoms with Crippen molar-refractivity contribution in [2.45, 2.75) is 43.4 Å². The number of fused-ring (bicyclic) bond motifs is 1. The van der Waals surface area contributed by atoms with Crippen LogP contribution in [0.1, 0.15) is 42.3 Å². The third-order valence-electron chi connectivity index (χ3n) is 7.65. The largest absolute Gasteiger partial charge is 0.387 e. The molecular formula is C32H38N4O5S. The molecule has 3 aromatic carbocycles. The Morgan fingerprint density at radius 1 is 1.00 bits per heavy atom. The van der Waals surface area contributed by atoms with E-state index in [-0.39, 0.29) is 16.3 Å². The summed E-state index contributed by atoms with van der Waals surface area (Å²) in [5, 5.41) is 15.4. The first-order valence-corrected chi connectivity index (χ1v) is 15.7. The van der Waals surface area contributed by atoms with Gasteiger partial charge in [-0.25, -0.2) is 8.42 Å². The van der Waals surface area contributed by atoms with Gasteiger partial charge in [0.25, 0.3) is 15.9 Å². The number of aliphatic hydroxyl groups excluding tert-OH is 1. The number of benzene rings is 3. The molecule has 1 atom stereocenters. The molecule has 1 amide bonds. The van der Waals surface area contributed by atoms with Crippen LogP contribution < -0.4 is 10.0 Å². The average Bonchev–Trinajstić information content (AvgIpc) is 3.42. The van der Waals surface area contributed by atoms with Gasteiger partial charge in [0.1, 0.15) is 0 Å². The van der Waals surface area contributed by atoms with Gasteiger partial charge in [0.15, 0.2) is 0 Å². The van der Waals surface area contributed by atoms with Crippen molar-refractivity contribution >= 4 is 32.5 Å². The van der Waals surface area contributed by atoms with Gasteiger partial charge in [-0.05, 0) is 74.4 Å². The summed E-state index contributed by atoms with van der Waals surface area (Å²) in [4.78, 5) is 14.9. The Balaban J connectivity index is 1.16. The Morgan fingerprint density at radius 3 is 2.52 bits per heavy atom. The van der Waals surface area contributed by atoms with Crippen molar-refractivity contribution in [3.63, 3.8) is 0 Å². The molecule has 42 heavy (non-hydrogen) atoms. The summed E-state index contributed by atoms with van der Waals surface area (Å²) in [7, 11) is -3.72. The third-order valence-corrected chi connectivity index (χ3v) is 9.04. The zero-order valence-corrected chi connectivity index (χ0v) is 24.8. The first-order chi connectivity index (χ1) is 20.1.